The van der Waals surface area contributed by atoms with Gasteiger partial charge in [-0.05, 0) is 58.4 Å². The van der Waals surface area contributed by atoms with Gasteiger partial charge in [0.05, 0.1) is 7.11 Å². The summed E-state index contributed by atoms with van der Waals surface area (Å²) in [4.78, 5) is 14.6. The number of hydrogen-bond acceptors (Lipinski definition) is 4. The molecule has 0 bridgehead atoms. The van der Waals surface area contributed by atoms with Crippen molar-refractivity contribution in [2.45, 2.75) is 76.4 Å². The highest BCUT2D eigenvalue weighted by Crippen LogP contribution is 2.37. The molecule has 0 spiro atoms. The fraction of sp³-hybridized carbons (Fsp3) is 0.938. The smallest absolute Gasteiger partial charge is 0.326 e. The lowest BCUT2D eigenvalue weighted by atomic mass is 9.85. The standard InChI is InChI=1S/C16H30N2O2/c1-12-6-4-7-13(2)18(12)11-9-14-8-5-10-16(14,17)15(19)20-3/h12-14H,4-11,17H2,1-3H3/t12-,13+,14?,16?. The van der Waals surface area contributed by atoms with Crippen molar-refractivity contribution >= 4 is 5.97 Å². The molecule has 0 aromatic rings. The van der Waals surface area contributed by atoms with Gasteiger partial charge in [0.15, 0.2) is 0 Å². The molecule has 1 heterocycles. The fourth-order valence-corrected chi connectivity index (χ4v) is 4.18. The Morgan fingerprint density at radius 2 is 1.90 bits per heavy atom. The first kappa shape index (κ1) is 15.8. The van der Waals surface area contributed by atoms with Crippen molar-refractivity contribution in [3.63, 3.8) is 0 Å². The summed E-state index contributed by atoms with van der Waals surface area (Å²) in [5, 5.41) is 0. The molecule has 116 valence electrons. The zero-order chi connectivity index (χ0) is 14.8. The minimum Gasteiger partial charge on any atom is -0.468 e. The van der Waals surface area contributed by atoms with Gasteiger partial charge < -0.3 is 10.5 Å². The first-order chi connectivity index (χ1) is 9.49. The highest BCUT2D eigenvalue weighted by atomic mass is 16.5. The molecule has 4 atom stereocenters. The third-order valence-corrected chi connectivity index (χ3v) is 5.55. The summed E-state index contributed by atoms with van der Waals surface area (Å²) >= 11 is 0. The van der Waals surface area contributed by atoms with E-state index in [-0.39, 0.29) is 11.9 Å². The Bertz CT molecular complexity index is 337. The molecule has 0 amide bonds. The van der Waals surface area contributed by atoms with Crippen molar-refractivity contribution in [2.24, 2.45) is 11.7 Å². The van der Waals surface area contributed by atoms with Crippen LogP contribution in [0.1, 0.15) is 58.8 Å². The molecule has 2 N–H and O–H groups in total. The molecule has 20 heavy (non-hydrogen) atoms. The molecule has 1 aliphatic heterocycles. The van der Waals surface area contributed by atoms with Crippen LogP contribution in [0.15, 0.2) is 0 Å². The predicted molar refractivity (Wildman–Crippen MR) is 80.4 cm³/mol. The number of likely N-dealkylation sites (tertiary alicyclic amines) is 1. The van der Waals surface area contributed by atoms with Crippen LogP contribution in [0.25, 0.3) is 0 Å². The van der Waals surface area contributed by atoms with Crippen molar-refractivity contribution in [1.29, 1.82) is 0 Å². The Hall–Kier alpha value is -0.610. The third-order valence-electron chi connectivity index (χ3n) is 5.55. The van der Waals surface area contributed by atoms with Gasteiger partial charge >= 0.3 is 5.97 Å². The second-order valence-corrected chi connectivity index (χ2v) is 6.78. The van der Waals surface area contributed by atoms with Gasteiger partial charge in [-0.3, -0.25) is 9.69 Å². The van der Waals surface area contributed by atoms with Crippen molar-refractivity contribution in [3.05, 3.63) is 0 Å². The van der Waals surface area contributed by atoms with Crippen molar-refractivity contribution in [2.75, 3.05) is 13.7 Å². The minimum atomic E-state index is -0.739. The van der Waals surface area contributed by atoms with Gasteiger partial charge in [0, 0.05) is 12.1 Å². The maximum absolute atomic E-state index is 12.0. The quantitative estimate of drug-likeness (QED) is 0.804. The van der Waals surface area contributed by atoms with Gasteiger partial charge in [-0.15, -0.1) is 0 Å². The largest absolute Gasteiger partial charge is 0.468 e. The normalized spacial score (nSPS) is 38.9. The molecule has 2 aliphatic rings. The van der Waals surface area contributed by atoms with Crippen LogP contribution in [0.3, 0.4) is 0 Å². The van der Waals surface area contributed by atoms with Crippen molar-refractivity contribution in [1.82, 2.24) is 4.90 Å². The van der Waals surface area contributed by atoms with Crippen LogP contribution in [0.4, 0.5) is 0 Å². The van der Waals surface area contributed by atoms with Crippen LogP contribution in [0, 0.1) is 5.92 Å². The highest BCUT2D eigenvalue weighted by molar-refractivity contribution is 5.81. The van der Waals surface area contributed by atoms with Crippen LogP contribution < -0.4 is 5.73 Å². The minimum absolute atomic E-state index is 0.222. The number of methoxy groups -OCH3 is 1. The van der Waals surface area contributed by atoms with E-state index in [0.717, 1.165) is 32.2 Å². The lowest BCUT2D eigenvalue weighted by Crippen LogP contribution is -2.53. The van der Waals surface area contributed by atoms with Gasteiger partial charge in [-0.25, -0.2) is 0 Å². The molecule has 0 aromatic heterocycles. The lowest BCUT2D eigenvalue weighted by molar-refractivity contribution is -0.148. The molecule has 1 saturated heterocycles. The molecule has 2 fully saturated rings. The Morgan fingerprint density at radius 1 is 1.25 bits per heavy atom. The number of rotatable bonds is 4. The molecule has 4 nitrogen and oxygen atoms in total. The molecular weight excluding hydrogens is 252 g/mol. The number of ether oxygens (including phenoxy) is 1. The fourth-order valence-electron chi connectivity index (χ4n) is 4.18. The van der Waals surface area contributed by atoms with Crippen LogP contribution >= 0.6 is 0 Å². The molecule has 0 radical (unpaired) electrons. The summed E-state index contributed by atoms with van der Waals surface area (Å²) in [7, 11) is 1.45. The monoisotopic (exact) mass is 282 g/mol. The van der Waals surface area contributed by atoms with Gasteiger partial charge in [0.1, 0.15) is 5.54 Å². The van der Waals surface area contributed by atoms with E-state index in [9.17, 15) is 4.79 Å². The Balaban J connectivity index is 1.94. The van der Waals surface area contributed by atoms with E-state index in [1.165, 1.54) is 26.4 Å². The second-order valence-electron chi connectivity index (χ2n) is 6.78. The first-order valence-electron chi connectivity index (χ1n) is 8.12. The first-order valence-corrected chi connectivity index (χ1v) is 8.12. The van der Waals surface area contributed by atoms with E-state index >= 15 is 0 Å². The highest BCUT2D eigenvalue weighted by Gasteiger charge is 2.46. The average molecular weight is 282 g/mol. The van der Waals surface area contributed by atoms with E-state index in [1.807, 2.05) is 0 Å². The topological polar surface area (TPSA) is 55.6 Å². The van der Waals surface area contributed by atoms with E-state index < -0.39 is 5.54 Å². The number of nitrogens with zero attached hydrogens (tertiary/aromatic N) is 1. The van der Waals surface area contributed by atoms with Crippen LogP contribution in [-0.4, -0.2) is 42.1 Å². The van der Waals surface area contributed by atoms with Crippen LogP contribution in [-0.2, 0) is 9.53 Å². The zero-order valence-corrected chi connectivity index (χ0v) is 13.2. The number of carbonyl (C=O) groups excluding carboxylic acids is 1. The van der Waals surface area contributed by atoms with E-state index in [0.29, 0.717) is 12.1 Å². The van der Waals surface area contributed by atoms with E-state index in [1.54, 1.807) is 0 Å². The number of carbonyl (C=O) groups is 1. The van der Waals surface area contributed by atoms with Crippen molar-refractivity contribution < 1.29 is 9.53 Å². The molecule has 2 unspecified atom stereocenters. The van der Waals surface area contributed by atoms with Gasteiger partial charge in [0.2, 0.25) is 0 Å². The summed E-state index contributed by atoms with van der Waals surface area (Å²) in [6.45, 7) is 5.70. The summed E-state index contributed by atoms with van der Waals surface area (Å²) < 4.78 is 4.92. The Labute approximate surface area is 123 Å². The maximum Gasteiger partial charge on any atom is 0.326 e. The van der Waals surface area contributed by atoms with Crippen LogP contribution in [0.2, 0.25) is 0 Å². The molecule has 0 aromatic carbocycles. The number of esters is 1. The van der Waals surface area contributed by atoms with Gasteiger partial charge in [-0.2, -0.15) is 0 Å². The van der Waals surface area contributed by atoms with Gasteiger partial charge in [-0.1, -0.05) is 12.8 Å². The zero-order valence-electron chi connectivity index (χ0n) is 13.2. The van der Waals surface area contributed by atoms with E-state index in [2.05, 4.69) is 18.7 Å². The third kappa shape index (κ3) is 3.01. The predicted octanol–water partition coefficient (Wildman–Crippen LogP) is 2.31. The summed E-state index contributed by atoms with van der Waals surface area (Å²) in [6, 6.07) is 1.32. The lowest BCUT2D eigenvalue weighted by Gasteiger charge is -2.40. The summed E-state index contributed by atoms with van der Waals surface area (Å²) in [5.74, 6) is 0.0519. The molecule has 2 rings (SSSR count). The second kappa shape index (κ2) is 6.44. The SMILES string of the molecule is COC(=O)C1(N)CCCC1CCN1[C@H](C)CCC[C@@H]1C. The Morgan fingerprint density at radius 3 is 2.50 bits per heavy atom. The average Bonchev–Trinajstić information content (AvgIpc) is 2.80. The number of hydrogen-bond donors (Lipinski definition) is 1. The van der Waals surface area contributed by atoms with Gasteiger partial charge in [0.25, 0.3) is 0 Å². The Kier molecular flexibility index (Phi) is 5.08. The number of piperidine rings is 1. The summed E-state index contributed by atoms with van der Waals surface area (Å²) in [6.07, 6.45) is 7.81. The van der Waals surface area contributed by atoms with Crippen molar-refractivity contribution in [3.8, 4) is 0 Å². The van der Waals surface area contributed by atoms with Crippen LogP contribution in [0.5, 0.6) is 0 Å². The molecule has 1 aliphatic carbocycles. The molecule has 4 heteroatoms. The number of nitrogens with two attached hydrogens (primary N) is 1. The maximum atomic E-state index is 12.0. The summed E-state index contributed by atoms with van der Waals surface area (Å²) in [5.41, 5.74) is 5.61. The molecular formula is C16H30N2O2. The van der Waals surface area contributed by atoms with E-state index in [4.69, 9.17) is 10.5 Å². The molecule has 1 saturated carbocycles.